The first-order valence-corrected chi connectivity index (χ1v) is 15.6. The van der Waals surface area contributed by atoms with Crippen molar-refractivity contribution in [3.05, 3.63) is 42.2 Å². The van der Waals surface area contributed by atoms with Gasteiger partial charge in [-0.1, -0.05) is 12.8 Å². The molecule has 2 fully saturated rings. The van der Waals surface area contributed by atoms with Crippen molar-refractivity contribution in [1.82, 2.24) is 24.6 Å². The molecule has 0 saturated heterocycles. The summed E-state index contributed by atoms with van der Waals surface area (Å²) in [7, 11) is 2.17. The third-order valence-corrected chi connectivity index (χ3v) is 8.48. The highest BCUT2D eigenvalue weighted by Crippen LogP contribution is 2.35. The van der Waals surface area contributed by atoms with Gasteiger partial charge in [-0.15, -0.1) is 0 Å². The van der Waals surface area contributed by atoms with Gasteiger partial charge >= 0.3 is 0 Å². The summed E-state index contributed by atoms with van der Waals surface area (Å²) in [5.74, 6) is 1.60. The molecule has 0 bridgehead atoms. The summed E-state index contributed by atoms with van der Waals surface area (Å²) in [4.78, 5) is 24.0. The molecule has 10 nitrogen and oxygen atoms in total. The molecule has 5 rings (SSSR count). The monoisotopic (exact) mass is 598 g/mol. The van der Waals surface area contributed by atoms with Crippen LogP contribution in [0.5, 0.6) is 0 Å². The van der Waals surface area contributed by atoms with E-state index < -0.39 is 18.0 Å². The van der Waals surface area contributed by atoms with Crippen LogP contribution in [-0.2, 0) is 0 Å². The van der Waals surface area contributed by atoms with Crippen LogP contribution in [0.25, 0.3) is 11.5 Å². The van der Waals surface area contributed by atoms with Gasteiger partial charge in [-0.3, -0.25) is 9.48 Å². The number of unbranched alkanes of at least 4 members (excludes halogenated alkanes) is 3. The van der Waals surface area contributed by atoms with Crippen molar-refractivity contribution in [1.29, 1.82) is 0 Å². The summed E-state index contributed by atoms with van der Waals surface area (Å²) < 4.78 is 35.0. The number of nitrogens with two attached hydrogens (primary N) is 1. The van der Waals surface area contributed by atoms with Crippen molar-refractivity contribution in [3.8, 4) is 11.5 Å². The average molecular weight is 599 g/mol. The van der Waals surface area contributed by atoms with E-state index in [-0.39, 0.29) is 23.3 Å². The van der Waals surface area contributed by atoms with E-state index in [9.17, 15) is 13.6 Å². The zero-order valence-electron chi connectivity index (χ0n) is 25.0. The number of oxazole rings is 1. The molecule has 2 aliphatic carbocycles. The van der Waals surface area contributed by atoms with Gasteiger partial charge in [0.05, 0.1) is 11.7 Å². The number of carbonyl (C=O) groups is 1. The Kier molecular flexibility index (Phi) is 10.7. The highest BCUT2D eigenvalue weighted by molar-refractivity contribution is 6.03. The van der Waals surface area contributed by atoms with Crippen molar-refractivity contribution < 1.29 is 18.0 Å². The van der Waals surface area contributed by atoms with E-state index >= 15 is 0 Å². The van der Waals surface area contributed by atoms with Crippen LogP contribution in [0.15, 0.2) is 35.2 Å². The molecule has 4 N–H and O–H groups in total. The topological polar surface area (TPSA) is 127 Å². The minimum atomic E-state index is -2.82. The van der Waals surface area contributed by atoms with E-state index in [1.807, 2.05) is 6.07 Å². The van der Waals surface area contributed by atoms with E-state index in [0.29, 0.717) is 23.2 Å². The van der Waals surface area contributed by atoms with Gasteiger partial charge in [-0.05, 0) is 95.5 Å². The number of anilines is 2. The Morgan fingerprint density at radius 3 is 2.65 bits per heavy atom. The van der Waals surface area contributed by atoms with Crippen LogP contribution in [0.2, 0.25) is 0 Å². The Morgan fingerprint density at radius 1 is 1.14 bits per heavy atom. The van der Waals surface area contributed by atoms with Crippen molar-refractivity contribution >= 4 is 17.4 Å². The van der Waals surface area contributed by atoms with Gasteiger partial charge in [0.1, 0.15) is 12.1 Å². The zero-order chi connectivity index (χ0) is 30.2. The standard InChI is InChI=1S/C31H44F2N8O2/c1-40(15-5-3-2-4-13-34)18-22-8-10-24(11-9-22)41-19-25(28(39-41)29(32)33)37-30(42)26-20-43-31(38-26)23-12-14-35-27(16-23)36-17-21-6-7-21/h12,14,16,19-22,24,29H,2-11,13,15,17-18,34H2,1H3,(H,35,36)(H,37,42)/t22-,24-. The molecule has 0 radical (unpaired) electrons. The molecular weight excluding hydrogens is 554 g/mol. The smallest absolute Gasteiger partial charge is 0.284 e. The summed E-state index contributed by atoms with van der Waals surface area (Å²) in [6, 6.07) is 3.58. The summed E-state index contributed by atoms with van der Waals surface area (Å²) in [6.45, 7) is 3.75. The number of carbonyl (C=O) groups excluding carboxylic acids is 1. The molecule has 2 aliphatic rings. The lowest BCUT2D eigenvalue weighted by atomic mass is 9.86. The van der Waals surface area contributed by atoms with Crippen LogP contribution in [0, 0.1) is 11.8 Å². The van der Waals surface area contributed by atoms with Gasteiger partial charge in [-0.25, -0.2) is 18.7 Å². The molecule has 3 aromatic heterocycles. The molecule has 0 spiro atoms. The predicted molar refractivity (Wildman–Crippen MR) is 162 cm³/mol. The third kappa shape index (κ3) is 8.82. The molecule has 0 aliphatic heterocycles. The van der Waals surface area contributed by atoms with Crippen molar-refractivity contribution in [2.75, 3.05) is 43.9 Å². The molecule has 43 heavy (non-hydrogen) atoms. The highest BCUT2D eigenvalue weighted by atomic mass is 19.3. The first-order valence-electron chi connectivity index (χ1n) is 15.6. The van der Waals surface area contributed by atoms with E-state index in [1.165, 1.54) is 44.6 Å². The Hall–Kier alpha value is -3.38. The zero-order valence-corrected chi connectivity index (χ0v) is 25.0. The molecule has 3 aromatic rings. The molecule has 3 heterocycles. The number of rotatable bonds is 16. The van der Waals surface area contributed by atoms with Gasteiger partial charge in [0.15, 0.2) is 11.4 Å². The maximum atomic E-state index is 13.9. The van der Waals surface area contributed by atoms with Gasteiger partial charge in [0, 0.05) is 31.0 Å². The Morgan fingerprint density at radius 2 is 1.91 bits per heavy atom. The fourth-order valence-electron chi connectivity index (χ4n) is 5.78. The van der Waals surface area contributed by atoms with Crippen LogP contribution < -0.4 is 16.4 Å². The van der Waals surface area contributed by atoms with Crippen LogP contribution in [0.3, 0.4) is 0 Å². The molecule has 1 amide bonds. The lowest BCUT2D eigenvalue weighted by Gasteiger charge is -2.31. The summed E-state index contributed by atoms with van der Waals surface area (Å²) in [5, 5.41) is 10.1. The van der Waals surface area contributed by atoms with E-state index in [1.54, 1.807) is 16.9 Å². The minimum Gasteiger partial charge on any atom is -0.444 e. The largest absolute Gasteiger partial charge is 0.444 e. The maximum Gasteiger partial charge on any atom is 0.284 e. The second kappa shape index (κ2) is 14.9. The molecular formula is C31H44F2N8O2. The number of pyridine rings is 1. The SMILES string of the molecule is CN(CCCCCCN)C[C@H]1CC[C@H](n2cc(NC(=O)c3coc(-c4ccnc(NCC5CC5)c4)n3)c(C(F)F)n2)CC1. The predicted octanol–water partition coefficient (Wildman–Crippen LogP) is 6.13. The Balaban J connectivity index is 1.15. The molecule has 12 heteroatoms. The summed E-state index contributed by atoms with van der Waals surface area (Å²) in [5.41, 5.74) is 5.80. The molecule has 2 saturated carbocycles. The van der Waals surface area contributed by atoms with Crippen LogP contribution >= 0.6 is 0 Å². The first kappa shape index (κ1) is 31.1. The quantitative estimate of drug-likeness (QED) is 0.168. The number of amides is 1. The number of nitrogens with zero attached hydrogens (tertiary/aromatic N) is 5. The second-order valence-electron chi connectivity index (χ2n) is 12.1. The van der Waals surface area contributed by atoms with E-state index in [4.69, 9.17) is 10.2 Å². The average Bonchev–Trinajstić information content (AvgIpc) is 3.52. The van der Waals surface area contributed by atoms with Gasteiger partial charge in [-0.2, -0.15) is 5.10 Å². The highest BCUT2D eigenvalue weighted by Gasteiger charge is 2.28. The van der Waals surface area contributed by atoms with Gasteiger partial charge in [0.2, 0.25) is 5.89 Å². The van der Waals surface area contributed by atoms with Gasteiger partial charge in [0.25, 0.3) is 12.3 Å². The maximum absolute atomic E-state index is 13.9. The minimum absolute atomic E-state index is 0.00323. The number of nitrogens with one attached hydrogen (secondary N) is 2. The lowest BCUT2D eigenvalue weighted by molar-refractivity contribution is 0.102. The summed E-state index contributed by atoms with van der Waals surface area (Å²) in [6.07, 6.45) is 12.5. The third-order valence-electron chi connectivity index (χ3n) is 8.48. The summed E-state index contributed by atoms with van der Waals surface area (Å²) >= 11 is 0. The lowest BCUT2D eigenvalue weighted by Crippen LogP contribution is -2.30. The van der Waals surface area contributed by atoms with E-state index in [2.05, 4.69) is 37.6 Å². The van der Waals surface area contributed by atoms with Crippen LogP contribution in [0.1, 0.15) is 92.9 Å². The van der Waals surface area contributed by atoms with Crippen molar-refractivity contribution in [2.45, 2.75) is 76.7 Å². The fourth-order valence-corrected chi connectivity index (χ4v) is 5.78. The molecule has 0 atom stereocenters. The normalized spacial score (nSPS) is 18.8. The molecule has 234 valence electrons. The van der Waals surface area contributed by atoms with Crippen LogP contribution in [0.4, 0.5) is 20.3 Å². The van der Waals surface area contributed by atoms with Crippen molar-refractivity contribution in [3.63, 3.8) is 0 Å². The van der Waals surface area contributed by atoms with Crippen LogP contribution in [-0.4, -0.2) is 63.8 Å². The molecule has 0 aromatic carbocycles. The molecule has 0 unspecified atom stereocenters. The first-order chi connectivity index (χ1) is 20.9. The number of hydrogen-bond acceptors (Lipinski definition) is 8. The fraction of sp³-hybridized carbons (Fsp3) is 0.613. The number of hydrogen-bond donors (Lipinski definition) is 3. The number of aromatic nitrogens is 4. The van der Waals surface area contributed by atoms with Crippen molar-refractivity contribution in [2.24, 2.45) is 17.6 Å². The number of halogens is 2. The Bertz CT molecular complexity index is 1320. The van der Waals surface area contributed by atoms with E-state index in [0.717, 1.165) is 58.3 Å². The van der Waals surface area contributed by atoms with Gasteiger partial charge < -0.3 is 25.7 Å². The second-order valence-corrected chi connectivity index (χ2v) is 12.1. The Labute approximate surface area is 251 Å². The number of alkyl halides is 2.